The number of esters is 2. The Morgan fingerprint density at radius 3 is 1.22 bits per heavy atom. The van der Waals surface area contributed by atoms with E-state index < -0.39 is 74.5 Å². The van der Waals surface area contributed by atoms with Crippen LogP contribution in [0.25, 0.3) is 0 Å². The second-order valence-corrected chi connectivity index (χ2v) is 6.39. The van der Waals surface area contributed by atoms with Crippen molar-refractivity contribution in [2.75, 3.05) is 40.0 Å². The molecule has 0 unspecified atom stereocenters. The number of carbonyl (C=O) groups excluding carboxylic acids is 2. The fraction of sp³-hybridized carbons (Fsp3) is 0.800. The van der Waals surface area contributed by atoms with Gasteiger partial charge in [0.05, 0.1) is 26.4 Å². The lowest BCUT2D eigenvalue weighted by Gasteiger charge is -2.28. The third kappa shape index (κ3) is 6.68. The van der Waals surface area contributed by atoms with Crippen LogP contribution in [0.4, 0.5) is 0 Å². The molecule has 0 aromatic carbocycles. The van der Waals surface area contributed by atoms with E-state index in [0.29, 0.717) is 0 Å². The maximum absolute atomic E-state index is 11.7. The van der Waals surface area contributed by atoms with Crippen LogP contribution in [0, 0.1) is 10.8 Å². The first-order chi connectivity index (χ1) is 12.4. The summed E-state index contributed by atoms with van der Waals surface area (Å²) in [6.07, 6.45) is 0. The number of aliphatic hydroxyl groups is 4. The van der Waals surface area contributed by atoms with Gasteiger partial charge in [-0.25, -0.2) is 4.79 Å². The minimum Gasteiger partial charge on any atom is -0.477 e. The minimum absolute atomic E-state index is 0.709. The van der Waals surface area contributed by atoms with Crippen molar-refractivity contribution in [2.24, 2.45) is 10.8 Å². The molecule has 158 valence electrons. The first-order valence-electron chi connectivity index (χ1n) is 7.74. The lowest BCUT2D eigenvalue weighted by atomic mass is 9.93. The molecule has 0 radical (unpaired) electrons. The van der Waals surface area contributed by atoms with Crippen molar-refractivity contribution in [1.82, 2.24) is 0 Å². The summed E-state index contributed by atoms with van der Waals surface area (Å²) >= 11 is 0. The molecule has 0 aromatic rings. The third-order valence-corrected chi connectivity index (χ3v) is 3.82. The molecule has 0 atom stereocenters. The molecule has 0 aromatic heterocycles. The van der Waals surface area contributed by atoms with Crippen molar-refractivity contribution in [3.8, 4) is 0 Å². The van der Waals surface area contributed by atoms with Gasteiger partial charge < -0.3 is 44.5 Å². The van der Waals surface area contributed by atoms with Gasteiger partial charge >= 0.3 is 17.9 Å². The van der Waals surface area contributed by atoms with E-state index >= 15 is 0 Å². The average molecular weight is 398 g/mol. The number of hydrogen-bond acceptors (Lipinski definition) is 11. The van der Waals surface area contributed by atoms with Crippen LogP contribution in [0.2, 0.25) is 0 Å². The third-order valence-electron chi connectivity index (χ3n) is 3.82. The van der Waals surface area contributed by atoms with E-state index in [9.17, 15) is 19.5 Å². The molecule has 0 aliphatic carbocycles. The maximum atomic E-state index is 11.7. The summed E-state index contributed by atoms with van der Waals surface area (Å²) in [5.74, 6) is -6.07. The Morgan fingerprint density at radius 1 is 0.704 bits per heavy atom. The molecule has 0 saturated heterocycles. The molecule has 0 aliphatic rings. The van der Waals surface area contributed by atoms with E-state index in [0.717, 1.165) is 6.92 Å². The summed E-state index contributed by atoms with van der Waals surface area (Å²) < 4.78 is 19.0. The summed E-state index contributed by atoms with van der Waals surface area (Å²) in [6.45, 7) is -1.22. The maximum Gasteiger partial charge on any atom is 0.364 e. The van der Waals surface area contributed by atoms with Crippen LogP contribution in [0.5, 0.6) is 0 Å². The molecule has 12 heteroatoms. The zero-order chi connectivity index (χ0) is 21.3. The van der Waals surface area contributed by atoms with Crippen LogP contribution in [0.3, 0.4) is 0 Å². The Bertz CT molecular complexity index is 473. The molecule has 12 nitrogen and oxygen atoms in total. The molecule has 5 N–H and O–H groups in total. The van der Waals surface area contributed by atoms with Gasteiger partial charge in [-0.3, -0.25) is 9.59 Å². The first-order valence-corrected chi connectivity index (χ1v) is 7.74. The van der Waals surface area contributed by atoms with Crippen molar-refractivity contribution >= 4 is 17.9 Å². The van der Waals surface area contributed by atoms with E-state index in [1.807, 2.05) is 0 Å². The summed E-state index contributed by atoms with van der Waals surface area (Å²) in [5.41, 5.74) is -3.20. The highest BCUT2D eigenvalue weighted by Crippen LogP contribution is 2.20. The molecule has 0 saturated carbocycles. The quantitative estimate of drug-likeness (QED) is 0.167. The fourth-order valence-corrected chi connectivity index (χ4v) is 1.26. The lowest BCUT2D eigenvalue weighted by molar-refractivity contribution is -0.282. The minimum atomic E-state index is -2.37. The van der Waals surface area contributed by atoms with Crippen molar-refractivity contribution < 1.29 is 58.9 Å². The van der Waals surface area contributed by atoms with Gasteiger partial charge in [0.15, 0.2) is 13.6 Å². The lowest BCUT2D eigenvalue weighted by Crippen LogP contribution is -2.45. The molecular formula is C15H26O12. The number of ether oxygens (including phenoxy) is 4. The van der Waals surface area contributed by atoms with Gasteiger partial charge in [-0.1, -0.05) is 0 Å². The van der Waals surface area contributed by atoms with Crippen LogP contribution < -0.4 is 0 Å². The normalized spacial score (nSPS) is 12.6. The smallest absolute Gasteiger partial charge is 0.364 e. The van der Waals surface area contributed by atoms with E-state index in [2.05, 4.69) is 9.47 Å². The van der Waals surface area contributed by atoms with Crippen LogP contribution in [0.15, 0.2) is 0 Å². The van der Waals surface area contributed by atoms with Gasteiger partial charge in [-0.2, -0.15) is 0 Å². The van der Waals surface area contributed by atoms with Gasteiger partial charge in [0.2, 0.25) is 0 Å². The Labute approximate surface area is 155 Å². The molecule has 27 heavy (non-hydrogen) atoms. The largest absolute Gasteiger partial charge is 0.477 e. The highest BCUT2D eigenvalue weighted by Gasteiger charge is 2.40. The monoisotopic (exact) mass is 398 g/mol. The van der Waals surface area contributed by atoms with E-state index in [1.165, 1.54) is 13.8 Å². The molecular weight excluding hydrogens is 372 g/mol. The number of carboxylic acid groups (broad SMARTS) is 1. The Hall–Kier alpha value is -1.83. The van der Waals surface area contributed by atoms with Gasteiger partial charge in [0, 0.05) is 6.92 Å². The first kappa shape index (κ1) is 25.2. The number of carboxylic acids is 1. The molecule has 0 heterocycles. The van der Waals surface area contributed by atoms with Crippen LogP contribution in [-0.4, -0.2) is 89.2 Å². The highest BCUT2D eigenvalue weighted by atomic mass is 16.8. The summed E-state index contributed by atoms with van der Waals surface area (Å²) in [4.78, 5) is 34.8. The van der Waals surface area contributed by atoms with Crippen LogP contribution >= 0.6 is 0 Å². The summed E-state index contributed by atoms with van der Waals surface area (Å²) in [5, 5.41) is 45.5. The van der Waals surface area contributed by atoms with Gasteiger partial charge in [-0.05, 0) is 13.8 Å². The highest BCUT2D eigenvalue weighted by molar-refractivity contribution is 5.77. The second kappa shape index (κ2) is 10.5. The number of rotatable bonds is 13. The second-order valence-electron chi connectivity index (χ2n) is 6.39. The van der Waals surface area contributed by atoms with Gasteiger partial charge in [0.1, 0.15) is 10.8 Å². The predicted molar refractivity (Wildman–Crippen MR) is 84.7 cm³/mol. The zero-order valence-electron chi connectivity index (χ0n) is 15.3. The molecule has 0 rings (SSSR count). The van der Waals surface area contributed by atoms with Crippen LogP contribution in [-0.2, 0) is 33.3 Å². The van der Waals surface area contributed by atoms with Crippen molar-refractivity contribution in [1.29, 1.82) is 0 Å². The molecule has 0 spiro atoms. The number of aliphatic hydroxyl groups excluding tert-OH is 4. The number of hydrogen-bond donors (Lipinski definition) is 5. The van der Waals surface area contributed by atoms with E-state index in [4.69, 9.17) is 29.9 Å². The fourth-order valence-electron chi connectivity index (χ4n) is 1.26. The average Bonchev–Trinajstić information content (AvgIpc) is 2.66. The zero-order valence-corrected chi connectivity index (χ0v) is 15.3. The van der Waals surface area contributed by atoms with Crippen LogP contribution in [0.1, 0.15) is 20.8 Å². The molecule has 0 bridgehead atoms. The molecule has 0 fully saturated rings. The Morgan fingerprint density at radius 2 is 1.00 bits per heavy atom. The molecule has 0 amide bonds. The van der Waals surface area contributed by atoms with E-state index in [1.54, 1.807) is 0 Å². The van der Waals surface area contributed by atoms with Crippen molar-refractivity contribution in [3.05, 3.63) is 0 Å². The summed E-state index contributed by atoms with van der Waals surface area (Å²) in [7, 11) is 0. The van der Waals surface area contributed by atoms with Gasteiger partial charge in [0.25, 0.3) is 5.79 Å². The summed E-state index contributed by atoms with van der Waals surface area (Å²) in [6, 6.07) is 0. The molecule has 0 aliphatic heterocycles. The van der Waals surface area contributed by atoms with Crippen molar-refractivity contribution in [2.45, 2.75) is 26.6 Å². The Kier molecular flexibility index (Phi) is 9.78. The predicted octanol–water partition coefficient (Wildman–Crippen LogP) is -2.20. The number of aliphatic carboxylic acids is 1. The standard InChI is InChI=1S/C15H26O12/c1-13(4-16,5-17)11(22)24-8-26-15(3,10(20)21)27-9-25-12(23)14(2,6-18)7-19/h16-19H,4-9H2,1-3H3,(H,20,21). The van der Waals surface area contributed by atoms with Gasteiger partial charge in [-0.15, -0.1) is 0 Å². The number of carbonyl (C=O) groups is 3. The van der Waals surface area contributed by atoms with Crippen molar-refractivity contribution in [3.63, 3.8) is 0 Å². The topological polar surface area (TPSA) is 189 Å². The van der Waals surface area contributed by atoms with E-state index in [-0.39, 0.29) is 0 Å². The SMILES string of the molecule is CC(CO)(CO)C(=O)OCOC(C)(OCOC(=O)C(C)(CO)CO)C(=O)O. The Balaban J connectivity index is 4.71.